The molecule has 154 valence electrons. The molecule has 0 saturated heterocycles. The Morgan fingerprint density at radius 3 is 2.35 bits per heavy atom. The van der Waals surface area contributed by atoms with Crippen molar-refractivity contribution in [3.8, 4) is 0 Å². The summed E-state index contributed by atoms with van der Waals surface area (Å²) < 4.78 is 0. The Morgan fingerprint density at radius 1 is 1.00 bits per heavy atom. The van der Waals surface area contributed by atoms with Gasteiger partial charge in [-0.25, -0.2) is 0 Å². The Morgan fingerprint density at radius 2 is 1.77 bits per heavy atom. The van der Waals surface area contributed by atoms with Gasteiger partial charge in [0.05, 0.1) is 0 Å². The van der Waals surface area contributed by atoms with Gasteiger partial charge in [0, 0.05) is 0 Å². The first-order valence-electron chi connectivity index (χ1n) is 12.2. The lowest BCUT2D eigenvalue weighted by Gasteiger charge is -2.61. The molecule has 0 aromatic heterocycles. The molecule has 5 unspecified atom stereocenters. The van der Waals surface area contributed by atoms with Crippen molar-refractivity contribution in [2.75, 3.05) is 0 Å². The Labute approximate surface area is 166 Å². The van der Waals surface area contributed by atoms with E-state index in [4.69, 9.17) is 0 Å². The fourth-order valence-corrected chi connectivity index (χ4v) is 6.24. The van der Waals surface area contributed by atoms with Crippen molar-refractivity contribution in [1.29, 1.82) is 0 Å². The molecule has 0 amide bonds. The second-order valence-corrected chi connectivity index (χ2v) is 9.48. The van der Waals surface area contributed by atoms with E-state index in [1.165, 1.54) is 89.9 Å². The zero-order valence-electron chi connectivity index (χ0n) is 19.0. The lowest BCUT2D eigenvalue weighted by molar-refractivity contribution is -0.115. The van der Waals surface area contributed by atoms with Crippen molar-refractivity contribution < 1.29 is 0 Å². The quantitative estimate of drug-likeness (QED) is 0.189. The third-order valence-corrected chi connectivity index (χ3v) is 7.67. The number of allylic oxidation sites excluding steroid dienone is 1. The topological polar surface area (TPSA) is 0 Å². The van der Waals surface area contributed by atoms with Crippen molar-refractivity contribution >= 4 is 0 Å². The molecule has 0 heteroatoms. The molecule has 0 aromatic rings. The van der Waals surface area contributed by atoms with Gasteiger partial charge in [0.2, 0.25) is 0 Å². The van der Waals surface area contributed by atoms with E-state index in [1.54, 1.807) is 0 Å². The smallest absolute Gasteiger partial charge is 0.0235 e. The monoisotopic (exact) mass is 362 g/mol. The molecule has 1 saturated carbocycles. The van der Waals surface area contributed by atoms with Gasteiger partial charge in [0.1, 0.15) is 0 Å². The van der Waals surface area contributed by atoms with E-state index in [-0.39, 0.29) is 0 Å². The van der Waals surface area contributed by atoms with Crippen LogP contribution in [0, 0.1) is 29.1 Å². The van der Waals surface area contributed by atoms with E-state index in [0.717, 1.165) is 23.7 Å². The van der Waals surface area contributed by atoms with E-state index >= 15 is 0 Å². The molecule has 0 spiro atoms. The van der Waals surface area contributed by atoms with Gasteiger partial charge in [-0.05, 0) is 67.6 Å². The molecule has 0 bridgehead atoms. The van der Waals surface area contributed by atoms with Crippen molar-refractivity contribution in [1.82, 2.24) is 0 Å². The number of rotatable bonds is 16. The SMILES string of the molecule is C=CCCCC1(C(CC)CCCCCC)CC(CC)C1CC(C)CCC. The average Bonchev–Trinajstić information content (AvgIpc) is 2.63. The fourth-order valence-electron chi connectivity index (χ4n) is 6.24. The zero-order chi connectivity index (χ0) is 19.4. The van der Waals surface area contributed by atoms with Crippen LogP contribution >= 0.6 is 0 Å². The standard InChI is InChI=1S/C26H50/c1-7-12-14-15-18-24(11-5)26(19-16-13-8-2)21-23(10-4)25(26)20-22(6)17-9-3/h8,22-25H,2,7,9-21H2,1,3-6H3. The normalized spacial score (nSPS) is 27.7. The molecule has 1 aliphatic carbocycles. The number of hydrogen-bond donors (Lipinski definition) is 0. The minimum atomic E-state index is 0.659. The van der Waals surface area contributed by atoms with Crippen LogP contribution in [-0.4, -0.2) is 0 Å². The van der Waals surface area contributed by atoms with Crippen molar-refractivity contribution in [2.24, 2.45) is 29.1 Å². The summed E-state index contributed by atoms with van der Waals surface area (Å²) in [7, 11) is 0. The Kier molecular flexibility index (Phi) is 11.9. The van der Waals surface area contributed by atoms with Gasteiger partial charge in [-0.15, -0.1) is 6.58 Å². The molecule has 0 N–H and O–H groups in total. The molecule has 0 aromatic carbocycles. The van der Waals surface area contributed by atoms with Crippen LogP contribution < -0.4 is 0 Å². The summed E-state index contributed by atoms with van der Waals surface area (Å²) >= 11 is 0. The first-order valence-corrected chi connectivity index (χ1v) is 12.2. The van der Waals surface area contributed by atoms with Gasteiger partial charge >= 0.3 is 0 Å². The lowest BCUT2D eigenvalue weighted by atomic mass is 9.44. The molecule has 1 fully saturated rings. The second-order valence-electron chi connectivity index (χ2n) is 9.48. The molecular weight excluding hydrogens is 312 g/mol. The average molecular weight is 363 g/mol. The third-order valence-electron chi connectivity index (χ3n) is 7.67. The number of hydrogen-bond acceptors (Lipinski definition) is 0. The van der Waals surface area contributed by atoms with Crippen LogP contribution in [0.1, 0.15) is 125 Å². The third kappa shape index (κ3) is 6.42. The van der Waals surface area contributed by atoms with Gasteiger partial charge in [-0.2, -0.15) is 0 Å². The van der Waals surface area contributed by atoms with Gasteiger partial charge in [0.15, 0.2) is 0 Å². The lowest BCUT2D eigenvalue weighted by Crippen LogP contribution is -2.53. The van der Waals surface area contributed by atoms with Gasteiger partial charge in [-0.1, -0.05) is 92.1 Å². The summed E-state index contributed by atoms with van der Waals surface area (Å²) in [5.41, 5.74) is 0.659. The summed E-state index contributed by atoms with van der Waals surface area (Å²) in [5.74, 6) is 3.87. The van der Waals surface area contributed by atoms with Gasteiger partial charge in [0.25, 0.3) is 0 Å². The molecular formula is C26H50. The highest BCUT2D eigenvalue weighted by molar-refractivity contribution is 5.04. The highest BCUT2D eigenvalue weighted by Gasteiger charge is 2.55. The summed E-state index contributed by atoms with van der Waals surface area (Å²) in [4.78, 5) is 0. The molecule has 5 atom stereocenters. The van der Waals surface area contributed by atoms with Crippen LogP contribution in [0.3, 0.4) is 0 Å². The van der Waals surface area contributed by atoms with Crippen molar-refractivity contribution in [2.45, 2.75) is 125 Å². The number of unbranched alkanes of at least 4 members (excludes halogenated alkanes) is 4. The van der Waals surface area contributed by atoms with E-state index < -0.39 is 0 Å². The Balaban J connectivity index is 2.88. The summed E-state index contributed by atoms with van der Waals surface area (Å²) in [6, 6.07) is 0. The molecule has 0 aliphatic heterocycles. The summed E-state index contributed by atoms with van der Waals surface area (Å²) in [5, 5.41) is 0. The second kappa shape index (κ2) is 13.0. The molecule has 0 heterocycles. The van der Waals surface area contributed by atoms with Crippen LogP contribution in [0.5, 0.6) is 0 Å². The molecule has 26 heavy (non-hydrogen) atoms. The van der Waals surface area contributed by atoms with Crippen LogP contribution in [0.4, 0.5) is 0 Å². The van der Waals surface area contributed by atoms with Gasteiger partial charge in [-0.3, -0.25) is 0 Å². The van der Waals surface area contributed by atoms with Crippen molar-refractivity contribution in [3.05, 3.63) is 12.7 Å². The summed E-state index contributed by atoms with van der Waals surface area (Å²) in [6.45, 7) is 16.1. The zero-order valence-corrected chi connectivity index (χ0v) is 19.0. The van der Waals surface area contributed by atoms with E-state index in [1.807, 2.05) is 0 Å². The molecule has 0 nitrogen and oxygen atoms in total. The molecule has 0 radical (unpaired) electrons. The summed E-state index contributed by atoms with van der Waals surface area (Å²) in [6.07, 6.45) is 21.9. The maximum absolute atomic E-state index is 3.98. The van der Waals surface area contributed by atoms with Crippen LogP contribution in [-0.2, 0) is 0 Å². The van der Waals surface area contributed by atoms with Crippen LogP contribution in [0.25, 0.3) is 0 Å². The van der Waals surface area contributed by atoms with E-state index in [0.29, 0.717) is 5.41 Å². The minimum Gasteiger partial charge on any atom is -0.103 e. The predicted molar refractivity (Wildman–Crippen MR) is 120 cm³/mol. The Hall–Kier alpha value is -0.260. The van der Waals surface area contributed by atoms with E-state index in [9.17, 15) is 0 Å². The maximum atomic E-state index is 3.98. The maximum Gasteiger partial charge on any atom is -0.0235 e. The first kappa shape index (κ1) is 23.8. The highest BCUT2D eigenvalue weighted by atomic mass is 14.6. The molecule has 1 rings (SSSR count). The Bertz CT molecular complexity index is 357. The van der Waals surface area contributed by atoms with Crippen molar-refractivity contribution in [3.63, 3.8) is 0 Å². The van der Waals surface area contributed by atoms with Crippen LogP contribution in [0.15, 0.2) is 12.7 Å². The highest BCUT2D eigenvalue weighted by Crippen LogP contribution is 2.63. The largest absolute Gasteiger partial charge is 0.103 e. The minimum absolute atomic E-state index is 0.659. The molecule has 1 aliphatic rings. The van der Waals surface area contributed by atoms with Gasteiger partial charge < -0.3 is 0 Å². The first-order chi connectivity index (χ1) is 12.6. The fraction of sp³-hybridized carbons (Fsp3) is 0.923. The van der Waals surface area contributed by atoms with Crippen LogP contribution in [0.2, 0.25) is 0 Å². The van der Waals surface area contributed by atoms with E-state index in [2.05, 4.69) is 47.3 Å². The predicted octanol–water partition coefficient (Wildman–Crippen LogP) is 9.20.